The van der Waals surface area contributed by atoms with Crippen molar-refractivity contribution in [1.82, 2.24) is 0 Å². The highest BCUT2D eigenvalue weighted by molar-refractivity contribution is 5.84. The highest BCUT2D eigenvalue weighted by atomic mass is 19.2. The van der Waals surface area contributed by atoms with Crippen molar-refractivity contribution < 1.29 is 22.0 Å². The molecule has 1 saturated carbocycles. The van der Waals surface area contributed by atoms with E-state index >= 15 is 0 Å². The number of benzene rings is 3. The van der Waals surface area contributed by atoms with E-state index in [9.17, 15) is 22.0 Å². The van der Waals surface area contributed by atoms with E-state index in [2.05, 4.69) is 18.8 Å². The molecule has 0 bridgehead atoms. The van der Waals surface area contributed by atoms with Crippen molar-refractivity contribution >= 4 is 10.8 Å². The lowest BCUT2D eigenvalue weighted by Gasteiger charge is -2.26. The molecular weight excluding hydrogens is 443 g/mol. The van der Waals surface area contributed by atoms with Crippen molar-refractivity contribution in [3.8, 4) is 11.8 Å². The molecule has 0 aliphatic heterocycles. The molecule has 0 heterocycles. The standard InChI is InChI=1S/C29H27F5/c1-2-3-4-5-20-15-24(30)27(25(31)16-20)21-11-8-18(9-12-21)6-7-19-10-13-23-22(14-19)17-26(32)29(34)28(23)33/h10,13-18,21H,2-5,8-9,11-12H2,1H3. The van der Waals surface area contributed by atoms with E-state index in [-0.39, 0.29) is 28.2 Å². The molecule has 0 unspecified atom stereocenters. The Morgan fingerprint density at radius 2 is 1.50 bits per heavy atom. The molecule has 3 aromatic rings. The molecule has 5 heteroatoms. The third kappa shape index (κ3) is 5.27. The summed E-state index contributed by atoms with van der Waals surface area (Å²) in [4.78, 5) is 0. The molecule has 34 heavy (non-hydrogen) atoms. The molecular formula is C29H27F5. The van der Waals surface area contributed by atoms with E-state index in [0.29, 0.717) is 30.4 Å². The first-order chi connectivity index (χ1) is 16.4. The SMILES string of the molecule is CCCCCc1cc(F)c(C2CCC(C#Cc3ccc4c(F)c(F)c(F)cc4c3)CC2)c(F)c1. The number of aryl methyl sites for hydroxylation is 1. The first kappa shape index (κ1) is 24.3. The second kappa shape index (κ2) is 10.6. The lowest BCUT2D eigenvalue weighted by atomic mass is 9.78. The second-order valence-electron chi connectivity index (χ2n) is 9.17. The normalized spacial score (nSPS) is 18.1. The first-order valence-corrected chi connectivity index (χ1v) is 11.9. The van der Waals surface area contributed by atoms with Gasteiger partial charge in [0.25, 0.3) is 0 Å². The van der Waals surface area contributed by atoms with Crippen LogP contribution in [0, 0.1) is 46.8 Å². The Balaban J connectivity index is 1.42. The average molecular weight is 471 g/mol. The van der Waals surface area contributed by atoms with Crippen molar-refractivity contribution in [2.24, 2.45) is 5.92 Å². The largest absolute Gasteiger partial charge is 0.207 e. The fourth-order valence-electron chi connectivity index (χ4n) is 4.84. The van der Waals surface area contributed by atoms with E-state index in [1.165, 1.54) is 24.3 Å². The Morgan fingerprint density at radius 1 is 0.794 bits per heavy atom. The molecule has 0 saturated heterocycles. The van der Waals surface area contributed by atoms with Gasteiger partial charge in [-0.05, 0) is 85.7 Å². The minimum Gasteiger partial charge on any atom is -0.207 e. The Hall–Kier alpha value is -2.87. The lowest BCUT2D eigenvalue weighted by molar-refractivity contribution is 0.366. The maximum absolute atomic E-state index is 14.7. The van der Waals surface area contributed by atoms with Gasteiger partial charge in [0, 0.05) is 22.4 Å². The quantitative estimate of drug-likeness (QED) is 0.152. The van der Waals surface area contributed by atoms with Gasteiger partial charge in [-0.15, -0.1) is 0 Å². The molecule has 0 radical (unpaired) electrons. The van der Waals surface area contributed by atoms with Crippen LogP contribution in [0.25, 0.3) is 10.8 Å². The van der Waals surface area contributed by atoms with Gasteiger partial charge < -0.3 is 0 Å². The Bertz CT molecular complexity index is 1220. The van der Waals surface area contributed by atoms with Gasteiger partial charge >= 0.3 is 0 Å². The summed E-state index contributed by atoms with van der Waals surface area (Å²) in [5.74, 6) is 1.30. The smallest absolute Gasteiger partial charge is 0.195 e. The molecule has 1 fully saturated rings. The van der Waals surface area contributed by atoms with Crippen molar-refractivity contribution in [3.05, 3.63) is 82.2 Å². The molecule has 0 aromatic heterocycles. The summed E-state index contributed by atoms with van der Waals surface area (Å²) in [5.41, 5.74) is 1.48. The third-order valence-corrected chi connectivity index (χ3v) is 6.74. The average Bonchev–Trinajstić information content (AvgIpc) is 2.82. The van der Waals surface area contributed by atoms with Crippen LogP contribution in [0.4, 0.5) is 22.0 Å². The number of unbranched alkanes of at least 4 members (excludes halogenated alkanes) is 2. The zero-order valence-corrected chi connectivity index (χ0v) is 19.2. The molecule has 178 valence electrons. The fraction of sp³-hybridized carbons (Fsp3) is 0.379. The van der Waals surface area contributed by atoms with Crippen molar-refractivity contribution in [2.45, 2.75) is 64.2 Å². The van der Waals surface area contributed by atoms with Crippen molar-refractivity contribution in [2.75, 3.05) is 0 Å². The summed E-state index contributed by atoms with van der Waals surface area (Å²) in [7, 11) is 0. The van der Waals surface area contributed by atoms with Crippen molar-refractivity contribution in [1.29, 1.82) is 0 Å². The summed E-state index contributed by atoms with van der Waals surface area (Å²) >= 11 is 0. The van der Waals surface area contributed by atoms with Crippen LogP contribution in [0.3, 0.4) is 0 Å². The van der Waals surface area contributed by atoms with Gasteiger partial charge in [0.15, 0.2) is 17.5 Å². The second-order valence-corrected chi connectivity index (χ2v) is 9.17. The molecule has 4 rings (SSSR count). The number of fused-ring (bicyclic) bond motifs is 1. The van der Waals surface area contributed by atoms with Crippen LogP contribution >= 0.6 is 0 Å². The highest BCUT2D eigenvalue weighted by Crippen LogP contribution is 2.38. The zero-order chi connectivity index (χ0) is 24.2. The first-order valence-electron chi connectivity index (χ1n) is 11.9. The number of halogens is 5. The highest BCUT2D eigenvalue weighted by Gasteiger charge is 2.26. The summed E-state index contributed by atoms with van der Waals surface area (Å²) < 4.78 is 70.3. The predicted molar refractivity (Wildman–Crippen MR) is 125 cm³/mol. The minimum absolute atomic E-state index is 0.00499. The Morgan fingerprint density at radius 3 is 2.18 bits per heavy atom. The van der Waals surface area contributed by atoms with Crippen LogP contribution in [0.2, 0.25) is 0 Å². The van der Waals surface area contributed by atoms with Crippen LogP contribution < -0.4 is 0 Å². The van der Waals surface area contributed by atoms with Crippen molar-refractivity contribution in [3.63, 3.8) is 0 Å². The fourth-order valence-corrected chi connectivity index (χ4v) is 4.84. The van der Waals surface area contributed by atoms with Gasteiger partial charge in [-0.1, -0.05) is 37.7 Å². The van der Waals surface area contributed by atoms with Crippen LogP contribution in [-0.2, 0) is 6.42 Å². The molecule has 1 aliphatic rings. The van der Waals surface area contributed by atoms with Gasteiger partial charge in [0.1, 0.15) is 11.6 Å². The van der Waals surface area contributed by atoms with E-state index in [0.717, 1.165) is 38.2 Å². The van der Waals surface area contributed by atoms with Gasteiger partial charge in [0.2, 0.25) is 0 Å². The van der Waals surface area contributed by atoms with Crippen LogP contribution in [-0.4, -0.2) is 0 Å². The van der Waals surface area contributed by atoms with E-state index in [1.54, 1.807) is 6.07 Å². The Kier molecular flexibility index (Phi) is 7.56. The monoisotopic (exact) mass is 470 g/mol. The number of rotatable bonds is 5. The number of hydrogen-bond acceptors (Lipinski definition) is 0. The topological polar surface area (TPSA) is 0 Å². The van der Waals surface area contributed by atoms with Gasteiger partial charge in [0.05, 0.1) is 0 Å². The summed E-state index contributed by atoms with van der Waals surface area (Å²) in [6.07, 6.45) is 6.46. The molecule has 0 amide bonds. The van der Waals surface area contributed by atoms with Gasteiger partial charge in [-0.25, -0.2) is 22.0 Å². The molecule has 1 aliphatic carbocycles. The van der Waals surface area contributed by atoms with Crippen LogP contribution in [0.1, 0.15) is 74.5 Å². The summed E-state index contributed by atoms with van der Waals surface area (Å²) in [6.45, 7) is 2.09. The molecule has 0 atom stereocenters. The third-order valence-electron chi connectivity index (χ3n) is 6.74. The Labute approximate surface area is 197 Å². The molecule has 3 aromatic carbocycles. The zero-order valence-electron chi connectivity index (χ0n) is 19.2. The minimum atomic E-state index is -1.48. The van der Waals surface area contributed by atoms with Crippen LogP contribution in [0.15, 0.2) is 36.4 Å². The van der Waals surface area contributed by atoms with Crippen LogP contribution in [0.5, 0.6) is 0 Å². The maximum Gasteiger partial charge on any atom is 0.195 e. The molecule has 0 N–H and O–H groups in total. The summed E-state index contributed by atoms with van der Waals surface area (Å²) in [6, 6.07) is 8.43. The molecule has 0 nitrogen and oxygen atoms in total. The van der Waals surface area contributed by atoms with E-state index in [1.807, 2.05) is 0 Å². The molecule has 0 spiro atoms. The predicted octanol–water partition coefficient (Wildman–Crippen LogP) is 8.59. The van der Waals surface area contributed by atoms with E-state index in [4.69, 9.17) is 0 Å². The number of hydrogen-bond donors (Lipinski definition) is 0. The van der Waals surface area contributed by atoms with Gasteiger partial charge in [-0.3, -0.25) is 0 Å². The van der Waals surface area contributed by atoms with Gasteiger partial charge in [-0.2, -0.15) is 0 Å². The maximum atomic E-state index is 14.7. The lowest BCUT2D eigenvalue weighted by Crippen LogP contribution is -2.15. The van der Waals surface area contributed by atoms with E-state index < -0.39 is 29.1 Å². The summed E-state index contributed by atoms with van der Waals surface area (Å²) in [5, 5.41) is 0.251.